The summed E-state index contributed by atoms with van der Waals surface area (Å²) in [6, 6.07) is 1.84. The minimum atomic E-state index is -4.85. The predicted octanol–water partition coefficient (Wildman–Crippen LogP) is 1.51. The molecule has 0 fully saturated rings. The topological polar surface area (TPSA) is 81.2 Å². The maximum Gasteiger partial charge on any atom is 0.573 e. The molecule has 0 bridgehead atoms. The van der Waals surface area contributed by atoms with Crippen molar-refractivity contribution < 1.29 is 22.6 Å². The van der Waals surface area contributed by atoms with E-state index >= 15 is 0 Å². The van der Waals surface area contributed by atoms with Crippen molar-refractivity contribution in [2.24, 2.45) is 5.73 Å². The Bertz CT molecular complexity index is 469. The molecule has 1 rings (SSSR count). The summed E-state index contributed by atoms with van der Waals surface area (Å²) < 4.78 is 45.1. The molecule has 8 heteroatoms. The van der Waals surface area contributed by atoms with Gasteiger partial charge < -0.3 is 15.2 Å². The molecule has 1 aromatic heterocycles. The molecule has 5 nitrogen and oxygen atoms in total. The summed E-state index contributed by atoms with van der Waals surface area (Å²) >= 11 is 0. The molecule has 98 valence electrons. The number of rotatable bonds is 4. The average molecular weight is 261 g/mol. The van der Waals surface area contributed by atoms with E-state index in [1.165, 1.54) is 7.11 Å². The first kappa shape index (κ1) is 14.1. The number of nitrogens with zero attached hydrogens (tertiary/aromatic N) is 2. The van der Waals surface area contributed by atoms with Crippen LogP contribution >= 0.6 is 0 Å². The summed E-state index contributed by atoms with van der Waals surface area (Å²) in [6.45, 7) is -0.109. The molecule has 1 heterocycles. The second-order valence-corrected chi connectivity index (χ2v) is 3.17. The van der Waals surface area contributed by atoms with E-state index in [1.54, 1.807) is 0 Å². The summed E-state index contributed by atoms with van der Waals surface area (Å²) in [5, 5.41) is 8.58. The monoisotopic (exact) mass is 261 g/mol. The van der Waals surface area contributed by atoms with Crippen molar-refractivity contribution >= 4 is 0 Å². The Labute approximate surface area is 101 Å². The average Bonchev–Trinajstić information content (AvgIpc) is 2.28. The molecule has 18 heavy (non-hydrogen) atoms. The summed E-state index contributed by atoms with van der Waals surface area (Å²) in [5.41, 5.74) is 5.92. The highest BCUT2D eigenvalue weighted by molar-refractivity contribution is 5.47. The zero-order valence-corrected chi connectivity index (χ0v) is 9.41. The van der Waals surface area contributed by atoms with E-state index in [0.29, 0.717) is 0 Å². The van der Waals surface area contributed by atoms with Crippen LogP contribution in [-0.2, 0) is 13.0 Å². The number of alkyl halides is 3. The third-order valence-electron chi connectivity index (χ3n) is 2.06. The predicted molar refractivity (Wildman–Crippen MR) is 54.7 cm³/mol. The molecule has 0 aromatic carbocycles. The van der Waals surface area contributed by atoms with Gasteiger partial charge >= 0.3 is 6.36 Å². The number of pyridine rings is 1. The summed E-state index contributed by atoms with van der Waals surface area (Å²) in [4.78, 5) is 3.72. The SMILES string of the molecule is COc1c(OC(F)(F)F)cnc(CC#N)c1CN. The van der Waals surface area contributed by atoms with Crippen LogP contribution in [-0.4, -0.2) is 18.5 Å². The number of hydrogen-bond acceptors (Lipinski definition) is 5. The Kier molecular flexibility index (Phi) is 4.33. The maximum absolute atomic E-state index is 12.2. The van der Waals surface area contributed by atoms with Gasteiger partial charge in [0, 0.05) is 12.1 Å². The summed E-state index contributed by atoms with van der Waals surface area (Å²) in [6.07, 6.45) is -4.06. The highest BCUT2D eigenvalue weighted by Crippen LogP contribution is 2.35. The van der Waals surface area contributed by atoms with E-state index < -0.39 is 12.1 Å². The van der Waals surface area contributed by atoms with Gasteiger partial charge in [0.2, 0.25) is 0 Å². The molecule has 0 aliphatic rings. The number of halogens is 3. The number of nitriles is 1. The zero-order valence-electron chi connectivity index (χ0n) is 9.41. The van der Waals surface area contributed by atoms with Gasteiger partial charge in [-0.05, 0) is 0 Å². The van der Waals surface area contributed by atoms with Crippen molar-refractivity contribution in [3.8, 4) is 17.6 Å². The lowest BCUT2D eigenvalue weighted by Crippen LogP contribution is -2.19. The molecule has 1 aromatic rings. The Hall–Kier alpha value is -2.01. The van der Waals surface area contributed by atoms with Gasteiger partial charge in [0.1, 0.15) is 0 Å². The second kappa shape index (κ2) is 5.55. The van der Waals surface area contributed by atoms with Gasteiger partial charge in [-0.2, -0.15) is 5.26 Å². The first-order valence-electron chi connectivity index (χ1n) is 4.80. The Balaban J connectivity index is 3.26. The van der Waals surface area contributed by atoms with E-state index in [9.17, 15) is 13.2 Å². The van der Waals surface area contributed by atoms with Crippen LogP contribution in [0.5, 0.6) is 11.5 Å². The minimum absolute atomic E-state index is 0.0742. The molecule has 0 saturated carbocycles. The first-order valence-corrected chi connectivity index (χ1v) is 4.80. The lowest BCUT2D eigenvalue weighted by atomic mass is 10.1. The van der Waals surface area contributed by atoms with Gasteiger partial charge in [0.05, 0.1) is 31.5 Å². The number of nitrogens with two attached hydrogens (primary N) is 1. The van der Waals surface area contributed by atoms with E-state index in [1.807, 2.05) is 6.07 Å². The van der Waals surface area contributed by atoms with Gasteiger partial charge in [-0.1, -0.05) is 0 Å². The van der Waals surface area contributed by atoms with Crippen molar-refractivity contribution in [2.75, 3.05) is 7.11 Å². The van der Waals surface area contributed by atoms with Crippen molar-refractivity contribution in [2.45, 2.75) is 19.3 Å². The van der Waals surface area contributed by atoms with E-state index in [2.05, 4.69) is 9.72 Å². The van der Waals surface area contributed by atoms with Gasteiger partial charge in [-0.15, -0.1) is 13.2 Å². The molecule has 0 spiro atoms. The van der Waals surface area contributed by atoms with Gasteiger partial charge in [0.25, 0.3) is 0 Å². The molecule has 0 saturated heterocycles. The number of aromatic nitrogens is 1. The van der Waals surface area contributed by atoms with Crippen LogP contribution in [0.4, 0.5) is 13.2 Å². The third-order valence-corrected chi connectivity index (χ3v) is 2.06. The van der Waals surface area contributed by atoms with Gasteiger partial charge in [-0.3, -0.25) is 4.98 Å². The Morgan fingerprint density at radius 3 is 2.61 bits per heavy atom. The molecule has 0 aliphatic heterocycles. The van der Waals surface area contributed by atoms with Crippen LogP contribution in [0.3, 0.4) is 0 Å². The van der Waals surface area contributed by atoms with Crippen LogP contribution in [0.25, 0.3) is 0 Å². The fourth-order valence-electron chi connectivity index (χ4n) is 1.41. The molecule has 0 amide bonds. The second-order valence-electron chi connectivity index (χ2n) is 3.17. The van der Waals surface area contributed by atoms with Crippen molar-refractivity contribution in [3.63, 3.8) is 0 Å². The molecule has 0 radical (unpaired) electrons. The molecule has 0 unspecified atom stereocenters. The number of ether oxygens (including phenoxy) is 2. The highest BCUT2D eigenvalue weighted by Gasteiger charge is 2.33. The molecule has 2 N–H and O–H groups in total. The first-order chi connectivity index (χ1) is 8.42. The van der Waals surface area contributed by atoms with Crippen molar-refractivity contribution in [3.05, 3.63) is 17.5 Å². The Morgan fingerprint density at radius 1 is 1.50 bits per heavy atom. The smallest absolute Gasteiger partial charge is 0.492 e. The van der Waals surface area contributed by atoms with Gasteiger partial charge in [0.15, 0.2) is 11.5 Å². The minimum Gasteiger partial charge on any atom is -0.492 e. The largest absolute Gasteiger partial charge is 0.573 e. The van der Waals surface area contributed by atoms with Crippen molar-refractivity contribution in [1.82, 2.24) is 4.98 Å². The van der Waals surface area contributed by atoms with E-state index in [0.717, 1.165) is 6.20 Å². The van der Waals surface area contributed by atoms with Crippen LogP contribution < -0.4 is 15.2 Å². The third kappa shape index (κ3) is 3.24. The lowest BCUT2D eigenvalue weighted by molar-refractivity contribution is -0.275. The molecular weight excluding hydrogens is 251 g/mol. The lowest BCUT2D eigenvalue weighted by Gasteiger charge is -2.16. The standard InChI is InChI=1S/C10H10F3N3O2/c1-17-9-6(4-15)7(2-3-14)16-5-8(9)18-10(11,12)13/h5H,2,4,15H2,1H3. The number of hydrogen-bond donors (Lipinski definition) is 1. The fourth-order valence-corrected chi connectivity index (χ4v) is 1.41. The fraction of sp³-hybridized carbons (Fsp3) is 0.400. The maximum atomic E-state index is 12.2. The quantitative estimate of drug-likeness (QED) is 0.888. The van der Waals surface area contributed by atoms with Crippen LogP contribution in [0.2, 0.25) is 0 Å². The van der Waals surface area contributed by atoms with E-state index in [4.69, 9.17) is 15.7 Å². The van der Waals surface area contributed by atoms with Crippen LogP contribution in [0, 0.1) is 11.3 Å². The summed E-state index contributed by atoms with van der Waals surface area (Å²) in [7, 11) is 1.19. The van der Waals surface area contributed by atoms with Crippen molar-refractivity contribution in [1.29, 1.82) is 5.26 Å². The van der Waals surface area contributed by atoms with Crippen LogP contribution in [0.15, 0.2) is 6.20 Å². The summed E-state index contributed by atoms with van der Waals surface area (Å²) in [5.74, 6) is -0.734. The molecule has 0 atom stereocenters. The molecular formula is C10H10F3N3O2. The Morgan fingerprint density at radius 2 is 2.17 bits per heavy atom. The highest BCUT2D eigenvalue weighted by atomic mass is 19.4. The van der Waals surface area contributed by atoms with Crippen LogP contribution in [0.1, 0.15) is 11.3 Å². The van der Waals surface area contributed by atoms with E-state index in [-0.39, 0.29) is 30.0 Å². The number of methoxy groups -OCH3 is 1. The molecule has 0 aliphatic carbocycles. The zero-order chi connectivity index (χ0) is 13.8. The normalized spacial score (nSPS) is 10.9. The van der Waals surface area contributed by atoms with Gasteiger partial charge in [-0.25, -0.2) is 0 Å².